The largest absolute Gasteiger partial charge is 0.396 e. The van der Waals surface area contributed by atoms with Gasteiger partial charge in [-0.05, 0) is 47.5 Å². The molecule has 2 atom stereocenters. The molecular formula is C14H17N5O2. The van der Waals surface area contributed by atoms with Crippen molar-refractivity contribution in [3.8, 4) is 5.69 Å². The molecule has 1 aliphatic carbocycles. The van der Waals surface area contributed by atoms with Gasteiger partial charge < -0.3 is 10.4 Å². The van der Waals surface area contributed by atoms with E-state index < -0.39 is 0 Å². The molecule has 0 bridgehead atoms. The van der Waals surface area contributed by atoms with Gasteiger partial charge >= 0.3 is 0 Å². The van der Waals surface area contributed by atoms with Gasteiger partial charge in [-0.1, -0.05) is 6.42 Å². The minimum absolute atomic E-state index is 0.0710. The Hall–Kier alpha value is -2.28. The summed E-state index contributed by atoms with van der Waals surface area (Å²) in [6, 6.07) is 7.15. The first kappa shape index (κ1) is 13.7. The lowest BCUT2D eigenvalue weighted by atomic mass is 10.0. The van der Waals surface area contributed by atoms with Gasteiger partial charge in [-0.3, -0.25) is 4.79 Å². The molecule has 110 valence electrons. The molecule has 1 aromatic heterocycles. The van der Waals surface area contributed by atoms with Gasteiger partial charge in [0.15, 0.2) is 0 Å². The monoisotopic (exact) mass is 287 g/mol. The van der Waals surface area contributed by atoms with Crippen molar-refractivity contribution in [2.75, 3.05) is 6.61 Å². The molecule has 21 heavy (non-hydrogen) atoms. The van der Waals surface area contributed by atoms with Crippen molar-refractivity contribution in [3.63, 3.8) is 0 Å². The summed E-state index contributed by atoms with van der Waals surface area (Å²) in [5.74, 6) is 0.0676. The third kappa shape index (κ3) is 2.92. The fourth-order valence-corrected chi connectivity index (χ4v) is 2.74. The van der Waals surface area contributed by atoms with E-state index in [0.29, 0.717) is 5.56 Å². The predicted octanol–water partition coefficient (Wildman–Crippen LogP) is 0.553. The number of nitrogens with one attached hydrogen (secondary N) is 1. The second-order valence-electron chi connectivity index (χ2n) is 5.25. The number of aromatic nitrogens is 4. The Balaban J connectivity index is 1.68. The van der Waals surface area contributed by atoms with Crippen LogP contribution in [0.1, 0.15) is 29.6 Å². The first-order chi connectivity index (χ1) is 10.3. The molecule has 1 aliphatic rings. The second kappa shape index (κ2) is 6.01. The molecule has 2 N–H and O–H groups in total. The molecule has 1 aromatic carbocycles. The fraction of sp³-hybridized carbons (Fsp3) is 0.429. The van der Waals surface area contributed by atoms with Crippen LogP contribution in [0.15, 0.2) is 30.6 Å². The minimum atomic E-state index is -0.108. The van der Waals surface area contributed by atoms with Crippen molar-refractivity contribution in [3.05, 3.63) is 36.2 Å². The van der Waals surface area contributed by atoms with E-state index in [4.69, 9.17) is 0 Å². The van der Waals surface area contributed by atoms with Gasteiger partial charge in [-0.25, -0.2) is 4.68 Å². The summed E-state index contributed by atoms with van der Waals surface area (Å²) in [4.78, 5) is 12.2. The number of benzene rings is 1. The lowest BCUT2D eigenvalue weighted by Crippen LogP contribution is -2.38. The second-order valence-corrected chi connectivity index (χ2v) is 5.25. The Kier molecular flexibility index (Phi) is 3.92. The van der Waals surface area contributed by atoms with Crippen LogP contribution in [0.4, 0.5) is 0 Å². The Morgan fingerprint density at radius 2 is 2.14 bits per heavy atom. The number of hydrogen-bond donors (Lipinski definition) is 2. The molecule has 1 heterocycles. The van der Waals surface area contributed by atoms with Crippen molar-refractivity contribution in [1.29, 1.82) is 0 Å². The summed E-state index contributed by atoms with van der Waals surface area (Å²) in [5.41, 5.74) is 1.39. The third-order valence-corrected chi connectivity index (χ3v) is 3.95. The van der Waals surface area contributed by atoms with Crippen LogP contribution in [0.3, 0.4) is 0 Å². The van der Waals surface area contributed by atoms with Gasteiger partial charge in [0.1, 0.15) is 6.33 Å². The highest BCUT2D eigenvalue weighted by Crippen LogP contribution is 2.25. The number of hydrogen-bond acceptors (Lipinski definition) is 5. The van der Waals surface area contributed by atoms with Crippen LogP contribution in [-0.4, -0.2) is 43.9 Å². The highest BCUT2D eigenvalue weighted by atomic mass is 16.3. The van der Waals surface area contributed by atoms with E-state index in [2.05, 4.69) is 20.8 Å². The Morgan fingerprint density at radius 1 is 1.33 bits per heavy atom. The van der Waals surface area contributed by atoms with Gasteiger partial charge in [0.25, 0.3) is 5.91 Å². The molecule has 0 saturated heterocycles. The summed E-state index contributed by atoms with van der Waals surface area (Å²) in [7, 11) is 0. The van der Waals surface area contributed by atoms with Gasteiger partial charge in [0, 0.05) is 24.1 Å². The van der Waals surface area contributed by atoms with Crippen LogP contribution < -0.4 is 5.32 Å². The van der Waals surface area contributed by atoms with Crippen LogP contribution in [0, 0.1) is 5.92 Å². The molecule has 0 radical (unpaired) electrons. The average Bonchev–Trinajstić information content (AvgIpc) is 3.18. The predicted molar refractivity (Wildman–Crippen MR) is 74.8 cm³/mol. The van der Waals surface area contributed by atoms with Gasteiger partial charge in [-0.2, -0.15) is 0 Å². The number of carbonyl (C=O) groups is 1. The summed E-state index contributed by atoms with van der Waals surface area (Å²) < 4.78 is 1.53. The first-order valence-corrected chi connectivity index (χ1v) is 7.03. The van der Waals surface area contributed by atoms with E-state index in [1.165, 1.54) is 11.0 Å². The van der Waals surface area contributed by atoms with E-state index in [-0.39, 0.29) is 24.5 Å². The molecule has 0 spiro atoms. The number of carbonyl (C=O) groups excluding carboxylic acids is 1. The molecule has 3 rings (SSSR count). The summed E-state index contributed by atoms with van der Waals surface area (Å²) in [6.45, 7) is 0.128. The Labute approximate surface area is 122 Å². The molecular weight excluding hydrogens is 270 g/mol. The molecule has 7 heteroatoms. The molecule has 0 aliphatic heterocycles. The maximum Gasteiger partial charge on any atom is 0.251 e. The lowest BCUT2D eigenvalue weighted by molar-refractivity contribution is 0.0916. The SMILES string of the molecule is O=C(NC1CCCC1CO)c1ccc(-n2cnnn2)cc1. The van der Waals surface area contributed by atoms with Crippen molar-refractivity contribution >= 4 is 5.91 Å². The van der Waals surface area contributed by atoms with E-state index in [1.54, 1.807) is 24.3 Å². The van der Waals surface area contributed by atoms with E-state index in [1.807, 2.05) is 0 Å². The number of aliphatic hydroxyl groups excluding tert-OH is 1. The van der Waals surface area contributed by atoms with E-state index in [0.717, 1.165) is 24.9 Å². The van der Waals surface area contributed by atoms with Crippen LogP contribution in [0.5, 0.6) is 0 Å². The quantitative estimate of drug-likeness (QED) is 0.856. The maximum atomic E-state index is 12.2. The van der Waals surface area contributed by atoms with Crippen molar-refractivity contribution in [2.24, 2.45) is 5.92 Å². The number of amides is 1. The first-order valence-electron chi connectivity index (χ1n) is 7.03. The molecule has 7 nitrogen and oxygen atoms in total. The van der Waals surface area contributed by atoms with E-state index in [9.17, 15) is 9.90 Å². The van der Waals surface area contributed by atoms with Crippen LogP contribution in [-0.2, 0) is 0 Å². The molecule has 1 fully saturated rings. The minimum Gasteiger partial charge on any atom is -0.396 e. The van der Waals surface area contributed by atoms with Gasteiger partial charge in [-0.15, -0.1) is 5.10 Å². The summed E-state index contributed by atoms with van der Waals surface area (Å²) in [5, 5.41) is 23.2. The Bertz CT molecular complexity index is 596. The van der Waals surface area contributed by atoms with E-state index >= 15 is 0 Å². The van der Waals surface area contributed by atoms with Crippen molar-refractivity contribution in [1.82, 2.24) is 25.5 Å². The summed E-state index contributed by atoms with van der Waals surface area (Å²) in [6.07, 6.45) is 4.45. The fourth-order valence-electron chi connectivity index (χ4n) is 2.74. The summed E-state index contributed by atoms with van der Waals surface area (Å²) >= 11 is 0. The zero-order chi connectivity index (χ0) is 14.7. The zero-order valence-electron chi connectivity index (χ0n) is 11.5. The molecule has 2 unspecified atom stereocenters. The smallest absolute Gasteiger partial charge is 0.251 e. The molecule has 1 saturated carbocycles. The normalized spacial score (nSPS) is 21.4. The number of aliphatic hydroxyl groups is 1. The van der Waals surface area contributed by atoms with Gasteiger partial charge in [0.2, 0.25) is 0 Å². The highest BCUT2D eigenvalue weighted by molar-refractivity contribution is 5.94. The average molecular weight is 287 g/mol. The van der Waals surface area contributed by atoms with Crippen LogP contribution in [0.25, 0.3) is 5.69 Å². The standard InChI is InChI=1S/C14H17N5O2/c20-8-11-2-1-3-13(11)16-14(21)10-4-6-12(7-5-10)19-9-15-17-18-19/h4-7,9,11,13,20H,1-3,8H2,(H,16,21). The highest BCUT2D eigenvalue weighted by Gasteiger charge is 2.28. The van der Waals surface area contributed by atoms with Crippen molar-refractivity contribution in [2.45, 2.75) is 25.3 Å². The van der Waals surface area contributed by atoms with Gasteiger partial charge in [0.05, 0.1) is 5.69 Å². The number of nitrogens with zero attached hydrogens (tertiary/aromatic N) is 4. The Morgan fingerprint density at radius 3 is 2.81 bits per heavy atom. The topological polar surface area (TPSA) is 92.9 Å². The van der Waals surface area contributed by atoms with Crippen molar-refractivity contribution < 1.29 is 9.90 Å². The van der Waals surface area contributed by atoms with Crippen LogP contribution >= 0.6 is 0 Å². The molecule has 2 aromatic rings. The zero-order valence-corrected chi connectivity index (χ0v) is 11.5. The lowest BCUT2D eigenvalue weighted by Gasteiger charge is -2.19. The third-order valence-electron chi connectivity index (χ3n) is 3.95. The van der Waals surface area contributed by atoms with Crippen LogP contribution in [0.2, 0.25) is 0 Å². The molecule has 1 amide bonds. The maximum absolute atomic E-state index is 12.2. The number of rotatable bonds is 4. The number of tetrazole rings is 1.